The smallest absolute Gasteiger partial charge is 0.0509 e. The fraction of sp³-hybridized carbons (Fsp3) is 0.643. The Hall–Kier alpha value is -0.760. The number of alkyl halides is 1. The molecule has 0 N–H and O–H groups in total. The summed E-state index contributed by atoms with van der Waals surface area (Å²) < 4.78 is 0. The van der Waals surface area contributed by atoms with E-state index in [1.165, 1.54) is 12.1 Å². The van der Waals surface area contributed by atoms with Crippen molar-refractivity contribution in [1.29, 1.82) is 0 Å². The molecule has 0 aliphatic carbocycles. The van der Waals surface area contributed by atoms with E-state index >= 15 is 0 Å². The summed E-state index contributed by atoms with van der Waals surface area (Å²) in [7, 11) is 0. The fourth-order valence-corrected chi connectivity index (χ4v) is 2.73. The molecule has 1 aliphatic heterocycles. The first-order valence-corrected chi connectivity index (χ1v) is 6.91. The van der Waals surface area contributed by atoms with Crippen LogP contribution in [0.5, 0.6) is 0 Å². The van der Waals surface area contributed by atoms with Gasteiger partial charge in [-0.3, -0.25) is 4.98 Å². The van der Waals surface area contributed by atoms with Gasteiger partial charge in [-0.05, 0) is 31.2 Å². The predicted octanol–water partition coefficient (Wildman–Crippen LogP) is 3.61. The number of hydrogen-bond acceptors (Lipinski definition) is 2. The Morgan fingerprint density at radius 2 is 2.29 bits per heavy atom. The van der Waals surface area contributed by atoms with Gasteiger partial charge in [-0.2, -0.15) is 0 Å². The van der Waals surface area contributed by atoms with Gasteiger partial charge in [0.05, 0.1) is 5.88 Å². The number of nitrogens with zero attached hydrogens (tertiary/aromatic N) is 2. The Morgan fingerprint density at radius 3 is 2.88 bits per heavy atom. The van der Waals surface area contributed by atoms with E-state index in [1.807, 2.05) is 13.1 Å². The molecular formula is C14H21ClN2. The van der Waals surface area contributed by atoms with Crippen LogP contribution in [0.25, 0.3) is 0 Å². The summed E-state index contributed by atoms with van der Waals surface area (Å²) in [5.41, 5.74) is 3.51. The van der Waals surface area contributed by atoms with Crippen LogP contribution >= 0.6 is 11.6 Å². The molecule has 1 unspecified atom stereocenters. The molecule has 0 bridgehead atoms. The zero-order chi connectivity index (χ0) is 12.4. The minimum Gasteiger partial charge on any atom is -0.371 e. The van der Waals surface area contributed by atoms with Gasteiger partial charge in [-0.25, -0.2) is 0 Å². The highest BCUT2D eigenvalue weighted by atomic mass is 35.5. The zero-order valence-corrected chi connectivity index (χ0v) is 11.7. The first-order valence-electron chi connectivity index (χ1n) is 6.38. The van der Waals surface area contributed by atoms with E-state index in [1.54, 1.807) is 0 Å². The van der Waals surface area contributed by atoms with Crippen LogP contribution in [0, 0.1) is 18.8 Å². The molecule has 1 aromatic rings. The number of aromatic nitrogens is 1. The van der Waals surface area contributed by atoms with E-state index in [9.17, 15) is 0 Å². The average molecular weight is 253 g/mol. The highest BCUT2D eigenvalue weighted by molar-refractivity contribution is 6.17. The summed E-state index contributed by atoms with van der Waals surface area (Å²) in [6, 6.07) is 2.17. The van der Waals surface area contributed by atoms with Crippen LogP contribution in [0.2, 0.25) is 0 Å². The summed E-state index contributed by atoms with van der Waals surface area (Å²) in [5.74, 6) is 2.12. The highest BCUT2D eigenvalue weighted by Gasteiger charge is 2.26. The van der Waals surface area contributed by atoms with E-state index in [2.05, 4.69) is 29.8 Å². The molecule has 2 rings (SSSR count). The highest BCUT2D eigenvalue weighted by Crippen LogP contribution is 2.31. The molecule has 1 fully saturated rings. The van der Waals surface area contributed by atoms with Crippen molar-refractivity contribution in [1.82, 2.24) is 4.98 Å². The first kappa shape index (κ1) is 12.7. The van der Waals surface area contributed by atoms with Crippen LogP contribution in [0.4, 0.5) is 5.69 Å². The Bertz CT molecular complexity index is 390. The molecule has 3 heteroatoms. The third-order valence-corrected chi connectivity index (χ3v) is 4.04. The molecule has 1 aliphatic rings. The lowest BCUT2D eigenvalue weighted by Crippen LogP contribution is -2.22. The lowest BCUT2D eigenvalue weighted by atomic mass is 9.95. The SMILES string of the molecule is Cc1cc(N2CCC(C(C)C)C2)c(CCl)cn1. The van der Waals surface area contributed by atoms with Crippen LogP contribution in [0.15, 0.2) is 12.3 Å². The van der Waals surface area contributed by atoms with Crippen molar-refractivity contribution in [3.05, 3.63) is 23.5 Å². The van der Waals surface area contributed by atoms with E-state index in [0.29, 0.717) is 5.88 Å². The van der Waals surface area contributed by atoms with E-state index < -0.39 is 0 Å². The lowest BCUT2D eigenvalue weighted by Gasteiger charge is -2.22. The van der Waals surface area contributed by atoms with Gasteiger partial charge in [-0.15, -0.1) is 11.6 Å². The van der Waals surface area contributed by atoms with Gasteiger partial charge in [0.25, 0.3) is 0 Å². The molecule has 1 atom stereocenters. The topological polar surface area (TPSA) is 16.1 Å². The number of hydrogen-bond donors (Lipinski definition) is 0. The molecule has 0 aromatic carbocycles. The summed E-state index contributed by atoms with van der Waals surface area (Å²) in [5, 5.41) is 0. The second kappa shape index (κ2) is 5.26. The second-order valence-electron chi connectivity index (χ2n) is 5.33. The molecule has 0 saturated carbocycles. The largest absolute Gasteiger partial charge is 0.371 e. The van der Waals surface area contributed by atoms with Crippen molar-refractivity contribution in [2.24, 2.45) is 11.8 Å². The van der Waals surface area contributed by atoms with Gasteiger partial charge in [0.1, 0.15) is 0 Å². The van der Waals surface area contributed by atoms with E-state index in [-0.39, 0.29) is 0 Å². The van der Waals surface area contributed by atoms with Crippen molar-refractivity contribution < 1.29 is 0 Å². The van der Waals surface area contributed by atoms with E-state index in [0.717, 1.165) is 36.2 Å². The van der Waals surface area contributed by atoms with Crippen molar-refractivity contribution in [3.8, 4) is 0 Å². The summed E-state index contributed by atoms with van der Waals surface area (Å²) in [6.45, 7) is 8.97. The maximum atomic E-state index is 6.00. The number of rotatable bonds is 3. The zero-order valence-electron chi connectivity index (χ0n) is 10.9. The van der Waals surface area contributed by atoms with Gasteiger partial charge < -0.3 is 4.90 Å². The number of aryl methyl sites for hydroxylation is 1. The van der Waals surface area contributed by atoms with Crippen LogP contribution in [-0.2, 0) is 5.88 Å². The van der Waals surface area contributed by atoms with Crippen LogP contribution in [0.3, 0.4) is 0 Å². The van der Waals surface area contributed by atoms with E-state index in [4.69, 9.17) is 11.6 Å². The Balaban J connectivity index is 2.20. The number of halogens is 1. The molecule has 94 valence electrons. The average Bonchev–Trinajstić information content (AvgIpc) is 2.78. The van der Waals surface area contributed by atoms with Gasteiger partial charge in [-0.1, -0.05) is 13.8 Å². The normalized spacial score (nSPS) is 20.3. The Morgan fingerprint density at radius 1 is 1.53 bits per heavy atom. The van der Waals surface area contributed by atoms with Crippen LogP contribution in [-0.4, -0.2) is 18.1 Å². The molecule has 17 heavy (non-hydrogen) atoms. The first-order chi connectivity index (χ1) is 8.11. The molecule has 0 spiro atoms. The molecule has 2 heterocycles. The fourth-order valence-electron chi connectivity index (χ4n) is 2.52. The number of anilines is 1. The monoisotopic (exact) mass is 252 g/mol. The molecular weight excluding hydrogens is 232 g/mol. The third-order valence-electron chi connectivity index (χ3n) is 3.75. The maximum absolute atomic E-state index is 6.00. The van der Waals surface area contributed by atoms with Crippen molar-refractivity contribution >= 4 is 17.3 Å². The summed E-state index contributed by atoms with van der Waals surface area (Å²) in [4.78, 5) is 6.79. The van der Waals surface area contributed by atoms with Gasteiger partial charge in [0.15, 0.2) is 0 Å². The van der Waals surface area contributed by atoms with Gasteiger partial charge in [0.2, 0.25) is 0 Å². The minimum absolute atomic E-state index is 0.547. The van der Waals surface area contributed by atoms with Gasteiger partial charge >= 0.3 is 0 Å². The van der Waals surface area contributed by atoms with Gasteiger partial charge in [0, 0.05) is 36.2 Å². The number of pyridine rings is 1. The van der Waals surface area contributed by atoms with Crippen LogP contribution in [0.1, 0.15) is 31.5 Å². The molecule has 0 radical (unpaired) electrons. The molecule has 1 saturated heterocycles. The molecule has 2 nitrogen and oxygen atoms in total. The lowest BCUT2D eigenvalue weighted by molar-refractivity contribution is 0.422. The van der Waals surface area contributed by atoms with Crippen molar-refractivity contribution in [3.63, 3.8) is 0 Å². The Labute approximate surface area is 109 Å². The summed E-state index contributed by atoms with van der Waals surface area (Å²) in [6.07, 6.45) is 3.21. The molecule has 1 aromatic heterocycles. The third kappa shape index (κ3) is 2.74. The minimum atomic E-state index is 0.547. The van der Waals surface area contributed by atoms with Crippen LogP contribution < -0.4 is 4.90 Å². The quantitative estimate of drug-likeness (QED) is 0.764. The second-order valence-corrected chi connectivity index (χ2v) is 5.59. The van der Waals surface area contributed by atoms with Crippen molar-refractivity contribution in [2.45, 2.75) is 33.1 Å². The standard InChI is InChI=1S/C14H21ClN2/c1-10(2)12-4-5-17(9-12)14-6-11(3)16-8-13(14)7-15/h6,8,10,12H,4-5,7,9H2,1-3H3. The maximum Gasteiger partial charge on any atom is 0.0509 e. The predicted molar refractivity (Wildman–Crippen MR) is 73.7 cm³/mol. The summed E-state index contributed by atoms with van der Waals surface area (Å²) >= 11 is 6.00. The van der Waals surface area contributed by atoms with Crippen molar-refractivity contribution in [2.75, 3.05) is 18.0 Å². The molecule has 0 amide bonds. The Kier molecular flexibility index (Phi) is 3.93.